The number of carbonyl (C=O) groups is 2. The van der Waals surface area contributed by atoms with Crippen molar-refractivity contribution < 1.29 is 9.59 Å². The van der Waals surface area contributed by atoms with Crippen molar-refractivity contribution in [3.8, 4) is 0 Å². The first kappa shape index (κ1) is 18.9. The van der Waals surface area contributed by atoms with Crippen LogP contribution in [0, 0.1) is 0 Å². The smallest absolute Gasteiger partial charge is 0.257 e. The number of carbonyl (C=O) groups excluding carboxylic acids is 2. The van der Waals surface area contributed by atoms with E-state index in [9.17, 15) is 9.59 Å². The fraction of sp³-hybridized carbons (Fsp3) is 0.364. The SMILES string of the molecule is CSc1cccc(NC(=O)c2ccc3c(c2)N(C)[C@H]2CCCCCN2C3=O)c1. The summed E-state index contributed by atoms with van der Waals surface area (Å²) in [5, 5.41) is 2.97. The van der Waals surface area contributed by atoms with E-state index < -0.39 is 0 Å². The molecule has 2 amide bonds. The maximum Gasteiger partial charge on any atom is 0.257 e. The first-order chi connectivity index (χ1) is 13.6. The number of rotatable bonds is 3. The van der Waals surface area contributed by atoms with E-state index in [1.807, 2.05) is 48.5 Å². The molecule has 6 heteroatoms. The zero-order valence-corrected chi connectivity index (χ0v) is 17.1. The minimum atomic E-state index is -0.162. The maximum absolute atomic E-state index is 13.0. The number of fused-ring (bicyclic) bond motifs is 2. The lowest BCUT2D eigenvalue weighted by Gasteiger charge is -2.43. The molecule has 4 rings (SSSR count). The van der Waals surface area contributed by atoms with Gasteiger partial charge in [0.1, 0.15) is 6.17 Å². The molecule has 146 valence electrons. The van der Waals surface area contributed by atoms with E-state index in [1.54, 1.807) is 23.9 Å². The van der Waals surface area contributed by atoms with Gasteiger partial charge in [-0.15, -0.1) is 11.8 Å². The van der Waals surface area contributed by atoms with Crippen LogP contribution in [0.5, 0.6) is 0 Å². The van der Waals surface area contributed by atoms with Gasteiger partial charge in [-0.3, -0.25) is 9.59 Å². The second-order valence-electron chi connectivity index (χ2n) is 7.36. The summed E-state index contributed by atoms with van der Waals surface area (Å²) in [4.78, 5) is 31.0. The summed E-state index contributed by atoms with van der Waals surface area (Å²) < 4.78 is 0. The summed E-state index contributed by atoms with van der Waals surface area (Å²) in [6.45, 7) is 0.807. The third-order valence-corrected chi connectivity index (χ3v) is 6.35. The minimum absolute atomic E-state index is 0.0825. The van der Waals surface area contributed by atoms with Crippen molar-refractivity contribution in [3.63, 3.8) is 0 Å². The molecule has 0 aromatic heterocycles. The zero-order valence-electron chi connectivity index (χ0n) is 16.3. The van der Waals surface area contributed by atoms with Crippen LogP contribution in [0.2, 0.25) is 0 Å². The van der Waals surface area contributed by atoms with Gasteiger partial charge < -0.3 is 15.1 Å². The van der Waals surface area contributed by atoms with Gasteiger partial charge in [-0.25, -0.2) is 0 Å². The molecule has 0 saturated carbocycles. The Morgan fingerprint density at radius 3 is 2.82 bits per heavy atom. The van der Waals surface area contributed by atoms with Crippen LogP contribution in [-0.2, 0) is 0 Å². The number of hydrogen-bond donors (Lipinski definition) is 1. The van der Waals surface area contributed by atoms with Crippen LogP contribution >= 0.6 is 11.8 Å². The topological polar surface area (TPSA) is 52.7 Å². The Morgan fingerprint density at radius 1 is 1.14 bits per heavy atom. The molecule has 2 aromatic rings. The molecule has 0 radical (unpaired) electrons. The number of nitrogens with one attached hydrogen (secondary N) is 1. The quantitative estimate of drug-likeness (QED) is 0.780. The van der Waals surface area contributed by atoms with Gasteiger partial charge in [0.25, 0.3) is 11.8 Å². The molecule has 1 N–H and O–H groups in total. The van der Waals surface area contributed by atoms with Gasteiger partial charge in [-0.1, -0.05) is 12.5 Å². The largest absolute Gasteiger partial charge is 0.354 e. The second kappa shape index (κ2) is 7.87. The van der Waals surface area contributed by atoms with Gasteiger partial charge in [-0.05, 0) is 61.9 Å². The van der Waals surface area contributed by atoms with E-state index in [1.165, 1.54) is 0 Å². The van der Waals surface area contributed by atoms with Crippen molar-refractivity contribution in [1.82, 2.24) is 4.90 Å². The van der Waals surface area contributed by atoms with Gasteiger partial charge in [-0.2, -0.15) is 0 Å². The lowest BCUT2D eigenvalue weighted by Crippen LogP contribution is -2.53. The van der Waals surface area contributed by atoms with Crippen molar-refractivity contribution >= 4 is 35.0 Å². The first-order valence-corrected chi connectivity index (χ1v) is 10.9. The molecule has 0 bridgehead atoms. The Balaban J connectivity index is 1.61. The third-order valence-electron chi connectivity index (χ3n) is 5.63. The van der Waals surface area contributed by atoms with Crippen LogP contribution in [0.1, 0.15) is 46.4 Å². The highest BCUT2D eigenvalue weighted by atomic mass is 32.2. The van der Waals surface area contributed by atoms with Crippen LogP contribution < -0.4 is 10.2 Å². The Kier molecular flexibility index (Phi) is 5.31. The van der Waals surface area contributed by atoms with Gasteiger partial charge >= 0.3 is 0 Å². The predicted octanol–water partition coefficient (Wildman–Crippen LogP) is 4.45. The van der Waals surface area contributed by atoms with Gasteiger partial charge in [0.15, 0.2) is 0 Å². The predicted molar refractivity (Wildman–Crippen MR) is 114 cm³/mol. The first-order valence-electron chi connectivity index (χ1n) is 9.72. The third kappa shape index (κ3) is 3.49. The van der Waals surface area contributed by atoms with E-state index in [0.717, 1.165) is 48.5 Å². The van der Waals surface area contributed by atoms with Crippen molar-refractivity contribution in [2.24, 2.45) is 0 Å². The molecule has 0 spiro atoms. The van der Waals surface area contributed by atoms with Crippen LogP contribution in [0.4, 0.5) is 11.4 Å². The van der Waals surface area contributed by atoms with Crippen molar-refractivity contribution in [2.45, 2.75) is 36.7 Å². The Bertz CT molecular complexity index is 914. The van der Waals surface area contributed by atoms with E-state index in [4.69, 9.17) is 0 Å². The van der Waals surface area contributed by atoms with Crippen molar-refractivity contribution in [3.05, 3.63) is 53.6 Å². The fourth-order valence-corrected chi connectivity index (χ4v) is 4.55. The molecular weight excluding hydrogens is 370 g/mol. The van der Waals surface area contributed by atoms with Crippen LogP contribution in [-0.4, -0.2) is 42.7 Å². The van der Waals surface area contributed by atoms with Crippen LogP contribution in [0.3, 0.4) is 0 Å². The molecule has 5 nitrogen and oxygen atoms in total. The van der Waals surface area contributed by atoms with Crippen LogP contribution in [0.15, 0.2) is 47.4 Å². The average molecular weight is 396 g/mol. The summed E-state index contributed by atoms with van der Waals surface area (Å²) in [5.41, 5.74) is 2.87. The van der Waals surface area contributed by atoms with Crippen LogP contribution in [0.25, 0.3) is 0 Å². The second-order valence-corrected chi connectivity index (χ2v) is 8.24. The molecule has 2 aromatic carbocycles. The highest BCUT2D eigenvalue weighted by Crippen LogP contribution is 2.34. The monoisotopic (exact) mass is 395 g/mol. The molecule has 28 heavy (non-hydrogen) atoms. The number of thioether (sulfide) groups is 1. The van der Waals surface area contributed by atoms with Gasteiger partial charge in [0, 0.05) is 29.7 Å². The summed E-state index contributed by atoms with van der Waals surface area (Å²) in [5.74, 6) is -0.0789. The molecule has 2 heterocycles. The standard InChI is InChI=1S/C22H25N3O2S/c1-24-19-13-15(21(26)23-16-7-6-8-17(14-16)28-2)10-11-18(19)22(27)25-12-5-3-4-9-20(24)25/h6-8,10-11,13-14,20H,3-5,9,12H2,1-2H3,(H,23,26)/t20-/m1/s1. The molecular formula is C22H25N3O2S. The summed E-state index contributed by atoms with van der Waals surface area (Å²) in [6.07, 6.45) is 6.40. The lowest BCUT2D eigenvalue weighted by molar-refractivity contribution is 0.0661. The van der Waals surface area contributed by atoms with E-state index >= 15 is 0 Å². The fourth-order valence-electron chi connectivity index (χ4n) is 4.10. The highest BCUT2D eigenvalue weighted by molar-refractivity contribution is 7.98. The van der Waals surface area contributed by atoms with Crippen molar-refractivity contribution in [2.75, 3.05) is 30.1 Å². The van der Waals surface area contributed by atoms with E-state index in [0.29, 0.717) is 11.1 Å². The summed E-state index contributed by atoms with van der Waals surface area (Å²) >= 11 is 1.64. The summed E-state index contributed by atoms with van der Waals surface area (Å²) in [6, 6.07) is 13.2. The number of benzene rings is 2. The Morgan fingerprint density at radius 2 is 2.00 bits per heavy atom. The van der Waals surface area contributed by atoms with Crippen molar-refractivity contribution in [1.29, 1.82) is 0 Å². The van der Waals surface area contributed by atoms with E-state index in [2.05, 4.69) is 10.2 Å². The number of hydrogen-bond acceptors (Lipinski definition) is 4. The Hall–Kier alpha value is -2.47. The molecule has 2 aliphatic rings. The molecule has 2 aliphatic heterocycles. The molecule has 0 unspecified atom stereocenters. The molecule has 1 saturated heterocycles. The summed E-state index contributed by atoms with van der Waals surface area (Å²) in [7, 11) is 2.03. The maximum atomic E-state index is 13.0. The normalized spacial score (nSPS) is 18.9. The number of anilines is 2. The van der Waals surface area contributed by atoms with Gasteiger partial charge in [0.05, 0.1) is 11.3 Å². The average Bonchev–Trinajstić information content (AvgIpc) is 2.98. The number of nitrogens with zero attached hydrogens (tertiary/aromatic N) is 2. The van der Waals surface area contributed by atoms with E-state index in [-0.39, 0.29) is 18.0 Å². The molecule has 1 atom stereocenters. The Labute approximate surface area is 170 Å². The zero-order chi connectivity index (χ0) is 19.7. The van der Waals surface area contributed by atoms with Gasteiger partial charge in [0.2, 0.25) is 0 Å². The molecule has 0 aliphatic carbocycles. The highest BCUT2D eigenvalue weighted by Gasteiger charge is 2.36. The minimum Gasteiger partial charge on any atom is -0.354 e. The lowest BCUT2D eigenvalue weighted by atomic mass is 10.0. The molecule has 1 fully saturated rings. The number of amides is 2.